The highest BCUT2D eigenvalue weighted by Gasteiger charge is 2.25. The van der Waals surface area contributed by atoms with Gasteiger partial charge in [-0.15, -0.1) is 0 Å². The van der Waals surface area contributed by atoms with Crippen molar-refractivity contribution in [1.82, 2.24) is 10.0 Å². The number of unbranched alkanes of at least 4 members (excludes halogenated alkanes) is 4. The van der Waals surface area contributed by atoms with Crippen LogP contribution in [-0.4, -0.2) is 50.9 Å². The number of carboxylic acids is 1. The zero-order chi connectivity index (χ0) is 22.1. The quantitative estimate of drug-likeness (QED) is 0.148. The van der Waals surface area contributed by atoms with Crippen LogP contribution in [0.3, 0.4) is 0 Å². The average Bonchev–Trinajstić information content (AvgIpc) is 2.69. The Balaban J connectivity index is 0.00000245. The van der Waals surface area contributed by atoms with Crippen molar-refractivity contribution in [2.24, 2.45) is 11.5 Å². The Bertz CT molecular complexity index is 713. The molecule has 1 aromatic rings. The Labute approximate surface area is 171 Å². The van der Waals surface area contributed by atoms with Crippen LogP contribution in [0.1, 0.15) is 38.5 Å². The minimum absolute atomic E-state index is 0.0324. The van der Waals surface area contributed by atoms with Crippen LogP contribution < -0.4 is 21.5 Å². The lowest BCUT2D eigenvalue weighted by atomic mass is 10.1. The van der Waals surface area contributed by atoms with E-state index < -0.39 is 22.0 Å². The lowest BCUT2D eigenvalue weighted by molar-refractivity contribution is -0.138. The van der Waals surface area contributed by atoms with Crippen LogP contribution >= 0.6 is 0 Å². The summed E-state index contributed by atoms with van der Waals surface area (Å²) in [7, 11) is -3.97. The molecule has 1 unspecified atom stereocenters. The number of nitrogens with one attached hydrogen (secondary N) is 3. The minimum Gasteiger partial charge on any atom is -0.480 e. The van der Waals surface area contributed by atoms with Gasteiger partial charge in [-0.1, -0.05) is 37.5 Å². The summed E-state index contributed by atoms with van der Waals surface area (Å²) in [5.74, 6) is -1.65. The smallest absolute Gasteiger partial charge is 0.323 e. The van der Waals surface area contributed by atoms with Crippen LogP contribution in [0.15, 0.2) is 35.2 Å². The van der Waals surface area contributed by atoms with Gasteiger partial charge >= 0.3 is 5.97 Å². The molecular formula is C18H31N5O5S. The maximum atomic E-state index is 12.2. The van der Waals surface area contributed by atoms with Crippen LogP contribution in [0, 0.1) is 5.41 Å². The second kappa shape index (κ2) is 15.4. The number of carboxylic acid groups (broad SMARTS) is 1. The van der Waals surface area contributed by atoms with Crippen LogP contribution in [-0.2, 0) is 19.6 Å². The number of rotatable bonds is 13. The number of aliphatic carboxylic acids is 1. The van der Waals surface area contributed by atoms with E-state index in [1.165, 1.54) is 12.1 Å². The van der Waals surface area contributed by atoms with Crippen molar-refractivity contribution >= 4 is 28.2 Å². The van der Waals surface area contributed by atoms with E-state index in [-0.39, 0.29) is 23.8 Å². The first-order valence-electron chi connectivity index (χ1n) is 9.26. The zero-order valence-electron chi connectivity index (χ0n) is 16.3. The van der Waals surface area contributed by atoms with Gasteiger partial charge in [0.1, 0.15) is 6.04 Å². The molecule has 0 saturated carbocycles. The van der Waals surface area contributed by atoms with E-state index in [1.54, 1.807) is 18.2 Å². The first-order chi connectivity index (χ1) is 13.8. The molecule has 11 heteroatoms. The Kier molecular flexibility index (Phi) is 14.1. The SMILES string of the molecule is N=CN.NCCCCCCCC(=O)NCC(NS(=O)(=O)c1ccccc1)C(=O)O. The lowest BCUT2D eigenvalue weighted by Crippen LogP contribution is -2.48. The van der Waals surface area contributed by atoms with Crippen molar-refractivity contribution < 1.29 is 23.1 Å². The van der Waals surface area contributed by atoms with Gasteiger partial charge in [0.15, 0.2) is 0 Å². The van der Waals surface area contributed by atoms with E-state index in [0.29, 0.717) is 13.0 Å². The summed E-state index contributed by atoms with van der Waals surface area (Å²) in [5.41, 5.74) is 9.79. The van der Waals surface area contributed by atoms with Crippen LogP contribution in [0.4, 0.5) is 0 Å². The van der Waals surface area contributed by atoms with Crippen molar-refractivity contribution in [3.05, 3.63) is 30.3 Å². The highest BCUT2D eigenvalue weighted by atomic mass is 32.2. The minimum atomic E-state index is -3.97. The Morgan fingerprint density at radius 2 is 1.66 bits per heavy atom. The maximum Gasteiger partial charge on any atom is 0.323 e. The van der Waals surface area contributed by atoms with Gasteiger partial charge in [-0.25, -0.2) is 8.42 Å². The molecule has 0 radical (unpaired) electrons. The van der Waals surface area contributed by atoms with Gasteiger partial charge in [0.05, 0.1) is 11.2 Å². The van der Waals surface area contributed by atoms with Crippen molar-refractivity contribution in [2.75, 3.05) is 13.1 Å². The molecule has 0 heterocycles. The van der Waals surface area contributed by atoms with Gasteiger partial charge in [-0.2, -0.15) is 4.72 Å². The normalized spacial score (nSPS) is 11.6. The highest BCUT2D eigenvalue weighted by Crippen LogP contribution is 2.08. The van der Waals surface area contributed by atoms with Crippen LogP contribution in [0.25, 0.3) is 0 Å². The van der Waals surface area contributed by atoms with Crippen molar-refractivity contribution in [2.45, 2.75) is 49.5 Å². The predicted molar refractivity (Wildman–Crippen MR) is 111 cm³/mol. The van der Waals surface area contributed by atoms with Crippen molar-refractivity contribution in [1.29, 1.82) is 5.41 Å². The first kappa shape index (κ1) is 26.5. The molecule has 0 bridgehead atoms. The van der Waals surface area contributed by atoms with E-state index in [4.69, 9.17) is 11.1 Å². The molecule has 8 N–H and O–H groups in total. The molecule has 10 nitrogen and oxygen atoms in total. The zero-order valence-corrected chi connectivity index (χ0v) is 17.2. The van der Waals surface area contributed by atoms with E-state index in [0.717, 1.165) is 32.0 Å². The van der Waals surface area contributed by atoms with Crippen LogP contribution in [0.2, 0.25) is 0 Å². The van der Waals surface area contributed by atoms with Gasteiger partial charge in [-0.3, -0.25) is 15.0 Å². The molecule has 0 saturated heterocycles. The fraction of sp³-hybridized carbons (Fsp3) is 0.500. The summed E-state index contributed by atoms with van der Waals surface area (Å²) < 4.78 is 26.5. The molecule has 0 fully saturated rings. The summed E-state index contributed by atoms with van der Waals surface area (Å²) >= 11 is 0. The number of sulfonamides is 1. The Hall–Kier alpha value is -2.50. The molecule has 0 spiro atoms. The Morgan fingerprint density at radius 3 is 2.21 bits per heavy atom. The molecule has 164 valence electrons. The molecule has 1 atom stereocenters. The van der Waals surface area contributed by atoms with Crippen molar-refractivity contribution in [3.63, 3.8) is 0 Å². The Morgan fingerprint density at radius 1 is 1.10 bits per heavy atom. The molecule has 1 aromatic carbocycles. The summed E-state index contributed by atoms with van der Waals surface area (Å²) in [6.07, 6.45) is 5.62. The van der Waals surface area contributed by atoms with Gasteiger partial charge in [0.25, 0.3) is 0 Å². The van der Waals surface area contributed by atoms with Crippen molar-refractivity contribution in [3.8, 4) is 0 Å². The van der Waals surface area contributed by atoms with Crippen LogP contribution in [0.5, 0.6) is 0 Å². The highest BCUT2D eigenvalue weighted by molar-refractivity contribution is 7.89. The number of amides is 1. The summed E-state index contributed by atoms with van der Waals surface area (Å²) in [6.45, 7) is 0.351. The number of benzene rings is 1. The second-order valence-electron chi connectivity index (χ2n) is 6.10. The second-order valence-corrected chi connectivity index (χ2v) is 7.82. The monoisotopic (exact) mass is 429 g/mol. The summed E-state index contributed by atoms with van der Waals surface area (Å²) in [6, 6.07) is 6.03. The van der Waals surface area contributed by atoms with Gasteiger partial charge in [0.2, 0.25) is 15.9 Å². The summed E-state index contributed by atoms with van der Waals surface area (Å²) in [5, 5.41) is 17.5. The maximum absolute atomic E-state index is 12.2. The third kappa shape index (κ3) is 12.5. The molecular weight excluding hydrogens is 398 g/mol. The van der Waals surface area contributed by atoms with Gasteiger partial charge in [-0.05, 0) is 31.5 Å². The lowest BCUT2D eigenvalue weighted by Gasteiger charge is -2.15. The molecule has 0 aliphatic carbocycles. The molecule has 0 aliphatic rings. The first-order valence-corrected chi connectivity index (χ1v) is 10.7. The topological polar surface area (TPSA) is 188 Å². The number of hydrogen-bond acceptors (Lipinski definition) is 6. The van der Waals surface area contributed by atoms with E-state index >= 15 is 0 Å². The van der Waals surface area contributed by atoms with E-state index in [2.05, 4.69) is 15.8 Å². The largest absolute Gasteiger partial charge is 0.480 e. The molecule has 0 aromatic heterocycles. The molecule has 29 heavy (non-hydrogen) atoms. The number of carbonyl (C=O) groups is 2. The third-order valence-corrected chi connectivity index (χ3v) is 5.25. The fourth-order valence-electron chi connectivity index (χ4n) is 2.30. The fourth-order valence-corrected chi connectivity index (χ4v) is 3.51. The van der Waals surface area contributed by atoms with Gasteiger partial charge in [0, 0.05) is 13.0 Å². The predicted octanol–water partition coefficient (Wildman–Crippen LogP) is 0.386. The number of nitrogens with two attached hydrogens (primary N) is 2. The standard InChI is InChI=1S/C17H27N3O5S.CH4N2/c18-12-8-3-1-2-7-11-16(21)19-13-15(17(22)23)20-26(24,25)14-9-5-4-6-10-14;2-1-3/h4-6,9-10,15,20H,1-3,7-8,11-13,18H2,(H,19,21)(H,22,23);1H,(H3,2,3). The molecule has 0 aliphatic heterocycles. The van der Waals surface area contributed by atoms with E-state index in [1.807, 2.05) is 0 Å². The molecule has 1 rings (SSSR count). The number of carbonyl (C=O) groups excluding carboxylic acids is 1. The molecule has 1 amide bonds. The summed E-state index contributed by atoms with van der Waals surface area (Å²) in [4.78, 5) is 23.1. The average molecular weight is 430 g/mol. The third-order valence-electron chi connectivity index (χ3n) is 3.76. The number of hydrogen-bond donors (Lipinski definition) is 6. The van der Waals surface area contributed by atoms with Gasteiger partial charge < -0.3 is 21.9 Å². The van der Waals surface area contributed by atoms with E-state index in [9.17, 15) is 23.1 Å².